The molecule has 0 aliphatic heterocycles. The second-order valence-corrected chi connectivity index (χ2v) is 4.22. The van der Waals surface area contributed by atoms with Crippen LogP contribution in [0.3, 0.4) is 0 Å². The summed E-state index contributed by atoms with van der Waals surface area (Å²) in [7, 11) is 3.02. The second kappa shape index (κ2) is 6.30. The number of thiocarbonyl (C=S) groups is 1. The molecule has 0 bridgehead atoms. The van der Waals surface area contributed by atoms with Crippen LogP contribution in [0.2, 0.25) is 0 Å². The van der Waals surface area contributed by atoms with Gasteiger partial charge in [0.2, 0.25) is 0 Å². The summed E-state index contributed by atoms with van der Waals surface area (Å²) in [6.07, 6.45) is 0.198. The molecule has 1 rings (SSSR count). The summed E-state index contributed by atoms with van der Waals surface area (Å²) in [6.45, 7) is 0.371. The minimum Gasteiger partial charge on any atom is -0.469 e. The smallest absolute Gasteiger partial charge is 0.307 e. The van der Waals surface area contributed by atoms with E-state index < -0.39 is 5.82 Å². The number of nitrogens with two attached hydrogens (primary N) is 1. The highest BCUT2D eigenvalue weighted by Gasteiger charge is 2.11. The number of methoxy groups -OCH3 is 1. The molecule has 0 unspecified atom stereocenters. The maximum absolute atomic E-state index is 13.8. The fourth-order valence-corrected chi connectivity index (χ4v) is 1.58. The molecule has 0 saturated heterocycles. The van der Waals surface area contributed by atoms with Crippen LogP contribution in [0.4, 0.5) is 10.1 Å². The van der Waals surface area contributed by atoms with E-state index in [2.05, 4.69) is 4.74 Å². The van der Waals surface area contributed by atoms with Crippen molar-refractivity contribution in [1.82, 2.24) is 0 Å². The van der Waals surface area contributed by atoms with Gasteiger partial charge in [-0.15, -0.1) is 0 Å². The molecule has 0 spiro atoms. The van der Waals surface area contributed by atoms with E-state index in [-0.39, 0.29) is 17.4 Å². The van der Waals surface area contributed by atoms with Gasteiger partial charge in [0.1, 0.15) is 10.8 Å². The van der Waals surface area contributed by atoms with Gasteiger partial charge in [0.15, 0.2) is 0 Å². The lowest BCUT2D eigenvalue weighted by Crippen LogP contribution is -2.23. The van der Waals surface area contributed by atoms with Gasteiger partial charge in [0, 0.05) is 19.2 Å². The van der Waals surface area contributed by atoms with E-state index in [1.165, 1.54) is 13.2 Å². The van der Waals surface area contributed by atoms with Crippen molar-refractivity contribution in [2.24, 2.45) is 5.73 Å². The van der Waals surface area contributed by atoms with Crippen LogP contribution in [0.15, 0.2) is 18.2 Å². The van der Waals surface area contributed by atoms with Gasteiger partial charge in [-0.2, -0.15) is 0 Å². The first kappa shape index (κ1) is 14.4. The summed E-state index contributed by atoms with van der Waals surface area (Å²) in [6, 6.07) is 4.52. The standard InChI is InChI=1S/C12H15FN2O2S/c1-15(6-5-11(16)17-2)10-4-3-8(12(14)18)7-9(10)13/h3-4,7H,5-6H2,1-2H3,(H2,14,18). The van der Waals surface area contributed by atoms with Gasteiger partial charge in [-0.3, -0.25) is 4.79 Å². The van der Waals surface area contributed by atoms with Crippen LogP contribution in [-0.4, -0.2) is 31.7 Å². The Bertz CT molecular complexity index is 465. The molecule has 0 amide bonds. The van der Waals surface area contributed by atoms with Gasteiger partial charge in [-0.1, -0.05) is 12.2 Å². The number of hydrogen-bond acceptors (Lipinski definition) is 4. The number of halogens is 1. The number of carbonyl (C=O) groups excluding carboxylic acids is 1. The van der Waals surface area contributed by atoms with Crippen molar-refractivity contribution in [2.45, 2.75) is 6.42 Å². The van der Waals surface area contributed by atoms with E-state index >= 15 is 0 Å². The molecule has 0 aromatic heterocycles. The van der Waals surface area contributed by atoms with E-state index in [0.717, 1.165) is 0 Å². The Morgan fingerprint density at radius 2 is 2.22 bits per heavy atom. The molecule has 6 heteroatoms. The Hall–Kier alpha value is -1.69. The van der Waals surface area contributed by atoms with E-state index in [9.17, 15) is 9.18 Å². The van der Waals surface area contributed by atoms with Crippen molar-refractivity contribution < 1.29 is 13.9 Å². The molecule has 0 radical (unpaired) electrons. The Kier molecular flexibility index (Phi) is 5.03. The predicted molar refractivity (Wildman–Crippen MR) is 72.2 cm³/mol. The Morgan fingerprint density at radius 1 is 1.56 bits per heavy atom. The SMILES string of the molecule is COC(=O)CCN(C)c1ccc(C(N)=S)cc1F. The highest BCUT2D eigenvalue weighted by molar-refractivity contribution is 7.80. The first-order valence-electron chi connectivity index (χ1n) is 5.33. The van der Waals surface area contributed by atoms with E-state index in [1.54, 1.807) is 24.1 Å². The summed E-state index contributed by atoms with van der Waals surface area (Å²) in [4.78, 5) is 12.8. The molecular formula is C12H15FN2O2S. The molecule has 0 fully saturated rings. The van der Waals surface area contributed by atoms with Crippen LogP contribution >= 0.6 is 12.2 Å². The summed E-state index contributed by atoms with van der Waals surface area (Å²) in [5, 5.41) is 0. The zero-order valence-electron chi connectivity index (χ0n) is 10.3. The average Bonchev–Trinajstić information content (AvgIpc) is 2.35. The number of rotatable bonds is 5. The lowest BCUT2D eigenvalue weighted by molar-refractivity contribution is -0.140. The molecule has 0 saturated carbocycles. The zero-order chi connectivity index (χ0) is 13.7. The molecule has 1 aromatic carbocycles. The van der Waals surface area contributed by atoms with Crippen LogP contribution in [-0.2, 0) is 9.53 Å². The maximum Gasteiger partial charge on any atom is 0.307 e. The summed E-state index contributed by atoms with van der Waals surface area (Å²) in [5.74, 6) is -0.755. The van der Waals surface area contributed by atoms with Gasteiger partial charge >= 0.3 is 5.97 Å². The number of ether oxygens (including phenoxy) is 1. The van der Waals surface area contributed by atoms with Gasteiger partial charge in [0.05, 0.1) is 19.2 Å². The molecule has 2 N–H and O–H groups in total. The summed E-state index contributed by atoms with van der Waals surface area (Å²) >= 11 is 4.77. The fraction of sp³-hybridized carbons (Fsp3) is 0.333. The lowest BCUT2D eigenvalue weighted by atomic mass is 10.2. The van der Waals surface area contributed by atoms with Crippen molar-refractivity contribution in [1.29, 1.82) is 0 Å². The van der Waals surface area contributed by atoms with Crippen molar-refractivity contribution in [2.75, 3.05) is 25.6 Å². The minimum atomic E-state index is -0.423. The summed E-state index contributed by atoms with van der Waals surface area (Å²) in [5.41, 5.74) is 6.28. The highest BCUT2D eigenvalue weighted by Crippen LogP contribution is 2.19. The Morgan fingerprint density at radius 3 is 2.72 bits per heavy atom. The maximum atomic E-state index is 13.8. The van der Waals surface area contributed by atoms with Crippen molar-refractivity contribution >= 4 is 28.9 Å². The van der Waals surface area contributed by atoms with Crippen LogP contribution in [0.25, 0.3) is 0 Å². The van der Waals surface area contributed by atoms with E-state index in [4.69, 9.17) is 18.0 Å². The third kappa shape index (κ3) is 3.66. The number of esters is 1. The average molecular weight is 270 g/mol. The fourth-order valence-electron chi connectivity index (χ4n) is 1.45. The topological polar surface area (TPSA) is 55.6 Å². The monoisotopic (exact) mass is 270 g/mol. The van der Waals surface area contributed by atoms with Crippen LogP contribution in [0, 0.1) is 5.82 Å². The normalized spacial score (nSPS) is 9.94. The second-order valence-electron chi connectivity index (χ2n) is 3.78. The van der Waals surface area contributed by atoms with Crippen LogP contribution in [0.1, 0.15) is 12.0 Å². The van der Waals surface area contributed by atoms with Gasteiger partial charge in [0.25, 0.3) is 0 Å². The largest absolute Gasteiger partial charge is 0.469 e. The quantitative estimate of drug-likeness (QED) is 0.648. The first-order valence-corrected chi connectivity index (χ1v) is 5.74. The molecule has 4 nitrogen and oxygen atoms in total. The van der Waals surface area contributed by atoms with Crippen molar-refractivity contribution in [3.05, 3.63) is 29.6 Å². The van der Waals surface area contributed by atoms with Crippen LogP contribution < -0.4 is 10.6 Å². The molecule has 98 valence electrons. The van der Waals surface area contributed by atoms with E-state index in [1.807, 2.05) is 0 Å². The molecule has 0 atom stereocenters. The Balaban J connectivity index is 2.77. The van der Waals surface area contributed by atoms with Crippen LogP contribution in [0.5, 0.6) is 0 Å². The number of benzene rings is 1. The lowest BCUT2D eigenvalue weighted by Gasteiger charge is -2.19. The van der Waals surface area contributed by atoms with E-state index in [0.29, 0.717) is 17.8 Å². The number of hydrogen-bond donors (Lipinski definition) is 1. The predicted octanol–water partition coefficient (Wildman–Crippen LogP) is 1.46. The molecule has 0 heterocycles. The molecule has 0 aliphatic rings. The van der Waals surface area contributed by atoms with Gasteiger partial charge < -0.3 is 15.4 Å². The molecular weight excluding hydrogens is 255 g/mol. The molecule has 1 aromatic rings. The number of anilines is 1. The first-order chi connectivity index (χ1) is 8.45. The van der Waals surface area contributed by atoms with Crippen molar-refractivity contribution in [3.8, 4) is 0 Å². The Labute approximate surface area is 111 Å². The number of carbonyl (C=O) groups is 1. The highest BCUT2D eigenvalue weighted by atomic mass is 32.1. The third-order valence-corrected chi connectivity index (χ3v) is 2.76. The number of nitrogens with zero attached hydrogens (tertiary/aromatic N) is 1. The van der Waals surface area contributed by atoms with Crippen molar-refractivity contribution in [3.63, 3.8) is 0 Å². The van der Waals surface area contributed by atoms with Gasteiger partial charge in [-0.25, -0.2) is 4.39 Å². The zero-order valence-corrected chi connectivity index (χ0v) is 11.1. The summed E-state index contributed by atoms with van der Waals surface area (Å²) < 4.78 is 18.3. The molecule has 18 heavy (non-hydrogen) atoms. The third-order valence-electron chi connectivity index (χ3n) is 2.52. The molecule has 0 aliphatic carbocycles. The minimum absolute atomic E-state index is 0.151. The van der Waals surface area contributed by atoms with Gasteiger partial charge in [-0.05, 0) is 18.2 Å².